The molecule has 22 heavy (non-hydrogen) atoms. The maximum Gasteiger partial charge on any atom is 0.238 e. The number of amides is 1. The highest BCUT2D eigenvalue weighted by molar-refractivity contribution is 6.31. The van der Waals surface area contributed by atoms with Crippen LogP contribution in [0, 0.1) is 17.5 Å². The minimum Gasteiger partial charge on any atom is -0.325 e. The van der Waals surface area contributed by atoms with Crippen molar-refractivity contribution in [3.05, 3.63) is 64.4 Å². The molecule has 0 unspecified atom stereocenters. The summed E-state index contributed by atoms with van der Waals surface area (Å²) in [6.45, 7) is 0.156. The zero-order valence-electron chi connectivity index (χ0n) is 11.3. The lowest BCUT2D eigenvalue weighted by atomic mass is 10.2. The van der Waals surface area contributed by atoms with Crippen LogP contribution in [0.1, 0.15) is 5.56 Å². The molecule has 0 saturated carbocycles. The highest BCUT2D eigenvalue weighted by atomic mass is 35.5. The molecule has 0 saturated heterocycles. The molecule has 1 amide bonds. The van der Waals surface area contributed by atoms with Crippen LogP contribution in [0.5, 0.6) is 0 Å². The lowest BCUT2D eigenvalue weighted by Gasteiger charge is -2.08. The van der Waals surface area contributed by atoms with E-state index in [0.29, 0.717) is 11.3 Å². The summed E-state index contributed by atoms with van der Waals surface area (Å²) in [6.07, 6.45) is 0. The highest BCUT2D eigenvalue weighted by Gasteiger charge is 2.06. The molecule has 0 radical (unpaired) electrons. The zero-order chi connectivity index (χ0) is 16.1. The van der Waals surface area contributed by atoms with Crippen LogP contribution in [-0.4, -0.2) is 12.5 Å². The van der Waals surface area contributed by atoms with Gasteiger partial charge in [0.2, 0.25) is 5.91 Å². The number of anilines is 1. The van der Waals surface area contributed by atoms with Crippen molar-refractivity contribution in [1.29, 1.82) is 0 Å². The maximum atomic E-state index is 13.0. The summed E-state index contributed by atoms with van der Waals surface area (Å²) in [7, 11) is 0. The molecule has 7 heteroatoms. The van der Waals surface area contributed by atoms with Gasteiger partial charge in [0.1, 0.15) is 5.82 Å². The van der Waals surface area contributed by atoms with E-state index in [9.17, 15) is 18.0 Å². The first-order valence-corrected chi connectivity index (χ1v) is 6.73. The lowest BCUT2D eigenvalue weighted by Crippen LogP contribution is -2.27. The van der Waals surface area contributed by atoms with E-state index in [2.05, 4.69) is 10.6 Å². The van der Waals surface area contributed by atoms with Crippen molar-refractivity contribution in [2.45, 2.75) is 6.54 Å². The van der Waals surface area contributed by atoms with Crippen LogP contribution in [0.2, 0.25) is 5.02 Å². The Bertz CT molecular complexity index is 694. The van der Waals surface area contributed by atoms with Gasteiger partial charge >= 0.3 is 0 Å². The standard InChI is InChI=1S/C15H12ClF3N2O/c16-11-6-10(2-4-12(11)17)21-15(22)8-20-7-9-1-3-13(18)14(19)5-9/h1-6,20H,7-8H2,(H,21,22). The van der Waals surface area contributed by atoms with Gasteiger partial charge in [-0.3, -0.25) is 4.79 Å². The molecule has 0 aliphatic rings. The van der Waals surface area contributed by atoms with E-state index in [1.807, 2.05) is 0 Å². The molecular formula is C15H12ClF3N2O. The SMILES string of the molecule is O=C(CNCc1ccc(F)c(F)c1)Nc1ccc(F)c(Cl)c1. The Balaban J connectivity index is 1.82. The van der Waals surface area contributed by atoms with Gasteiger partial charge in [-0.2, -0.15) is 0 Å². The number of hydrogen-bond donors (Lipinski definition) is 2. The van der Waals surface area contributed by atoms with E-state index < -0.39 is 17.5 Å². The molecule has 3 nitrogen and oxygen atoms in total. The molecule has 0 fully saturated rings. The molecule has 2 N–H and O–H groups in total. The fourth-order valence-corrected chi connectivity index (χ4v) is 1.93. The number of halogens is 4. The third-order valence-corrected chi connectivity index (χ3v) is 3.09. The second-order valence-corrected chi connectivity index (χ2v) is 4.94. The molecule has 116 valence electrons. The Hall–Kier alpha value is -2.05. The monoisotopic (exact) mass is 328 g/mol. The van der Waals surface area contributed by atoms with Gasteiger partial charge in [-0.25, -0.2) is 13.2 Å². The van der Waals surface area contributed by atoms with E-state index in [0.717, 1.165) is 18.2 Å². The molecule has 0 spiro atoms. The molecule has 0 aromatic heterocycles. The smallest absolute Gasteiger partial charge is 0.238 e. The van der Waals surface area contributed by atoms with Crippen molar-refractivity contribution in [3.8, 4) is 0 Å². The van der Waals surface area contributed by atoms with E-state index in [-0.39, 0.29) is 24.0 Å². The van der Waals surface area contributed by atoms with Crippen molar-refractivity contribution in [2.75, 3.05) is 11.9 Å². The van der Waals surface area contributed by atoms with Crippen molar-refractivity contribution in [2.24, 2.45) is 0 Å². The summed E-state index contributed by atoms with van der Waals surface area (Å²) in [4.78, 5) is 11.7. The second-order valence-electron chi connectivity index (χ2n) is 4.53. The molecule has 2 aromatic carbocycles. The molecule has 0 aliphatic heterocycles. The lowest BCUT2D eigenvalue weighted by molar-refractivity contribution is -0.115. The number of hydrogen-bond acceptors (Lipinski definition) is 2. The molecule has 0 heterocycles. The summed E-state index contributed by atoms with van der Waals surface area (Å²) in [5.41, 5.74) is 0.877. The average molecular weight is 329 g/mol. The largest absolute Gasteiger partial charge is 0.325 e. The zero-order valence-corrected chi connectivity index (χ0v) is 12.1. The molecule has 0 atom stereocenters. The fraction of sp³-hybridized carbons (Fsp3) is 0.133. The van der Waals surface area contributed by atoms with E-state index in [4.69, 9.17) is 11.6 Å². The van der Waals surface area contributed by atoms with Crippen molar-refractivity contribution in [1.82, 2.24) is 5.32 Å². The Morgan fingerprint density at radius 2 is 1.73 bits per heavy atom. The minimum atomic E-state index is -0.940. The van der Waals surface area contributed by atoms with E-state index in [1.165, 1.54) is 18.2 Å². The van der Waals surface area contributed by atoms with E-state index in [1.54, 1.807) is 0 Å². The normalized spacial score (nSPS) is 10.5. The van der Waals surface area contributed by atoms with Gasteiger partial charge in [0, 0.05) is 12.2 Å². The molecule has 0 aliphatic carbocycles. The average Bonchev–Trinajstić information content (AvgIpc) is 2.47. The molecular weight excluding hydrogens is 317 g/mol. The van der Waals surface area contributed by atoms with Crippen LogP contribution in [0.4, 0.5) is 18.9 Å². The Morgan fingerprint density at radius 3 is 2.41 bits per heavy atom. The predicted octanol–water partition coefficient (Wildman–Crippen LogP) is 3.49. The van der Waals surface area contributed by atoms with Gasteiger partial charge in [0.15, 0.2) is 11.6 Å². The van der Waals surface area contributed by atoms with Gasteiger partial charge in [-0.05, 0) is 35.9 Å². The van der Waals surface area contributed by atoms with Gasteiger partial charge in [0.25, 0.3) is 0 Å². The quantitative estimate of drug-likeness (QED) is 0.882. The van der Waals surface area contributed by atoms with Crippen LogP contribution in [0.3, 0.4) is 0 Å². The first-order chi connectivity index (χ1) is 10.5. The van der Waals surface area contributed by atoms with Crippen LogP contribution >= 0.6 is 11.6 Å². The Kier molecular flexibility index (Phi) is 5.41. The first-order valence-electron chi connectivity index (χ1n) is 6.35. The highest BCUT2D eigenvalue weighted by Crippen LogP contribution is 2.19. The van der Waals surface area contributed by atoms with Gasteiger partial charge in [0.05, 0.1) is 11.6 Å². The molecule has 2 rings (SSSR count). The summed E-state index contributed by atoms with van der Waals surface area (Å²) < 4.78 is 38.7. The minimum absolute atomic E-state index is 0.0476. The van der Waals surface area contributed by atoms with Crippen molar-refractivity contribution >= 4 is 23.2 Å². The first kappa shape index (κ1) is 16.3. The number of rotatable bonds is 5. The molecule has 0 bridgehead atoms. The number of carbonyl (C=O) groups is 1. The number of nitrogens with one attached hydrogen (secondary N) is 2. The van der Waals surface area contributed by atoms with E-state index >= 15 is 0 Å². The molecule has 2 aromatic rings. The number of carbonyl (C=O) groups excluding carboxylic acids is 1. The van der Waals surface area contributed by atoms with Gasteiger partial charge in [-0.1, -0.05) is 17.7 Å². The third-order valence-electron chi connectivity index (χ3n) is 2.80. The van der Waals surface area contributed by atoms with Crippen molar-refractivity contribution in [3.63, 3.8) is 0 Å². The summed E-state index contributed by atoms with van der Waals surface area (Å²) >= 11 is 5.60. The second kappa shape index (κ2) is 7.29. The van der Waals surface area contributed by atoms with Crippen LogP contribution < -0.4 is 10.6 Å². The van der Waals surface area contributed by atoms with Gasteiger partial charge in [-0.15, -0.1) is 0 Å². The Labute approximate surface area is 130 Å². The Morgan fingerprint density at radius 1 is 1.00 bits per heavy atom. The predicted molar refractivity (Wildman–Crippen MR) is 78.1 cm³/mol. The summed E-state index contributed by atoms with van der Waals surface area (Å²) in [6, 6.07) is 7.32. The van der Waals surface area contributed by atoms with Crippen LogP contribution in [0.15, 0.2) is 36.4 Å². The fourth-order valence-electron chi connectivity index (χ4n) is 1.75. The summed E-state index contributed by atoms with van der Waals surface area (Å²) in [5.74, 6) is -2.80. The van der Waals surface area contributed by atoms with Crippen LogP contribution in [0.25, 0.3) is 0 Å². The third kappa shape index (κ3) is 4.47. The van der Waals surface area contributed by atoms with Gasteiger partial charge < -0.3 is 10.6 Å². The maximum absolute atomic E-state index is 13.0. The van der Waals surface area contributed by atoms with Crippen molar-refractivity contribution < 1.29 is 18.0 Å². The van der Waals surface area contributed by atoms with Crippen LogP contribution in [-0.2, 0) is 11.3 Å². The number of benzene rings is 2. The topological polar surface area (TPSA) is 41.1 Å². The summed E-state index contributed by atoms with van der Waals surface area (Å²) in [5, 5.41) is 5.23.